The maximum atomic E-state index is 5.72. The summed E-state index contributed by atoms with van der Waals surface area (Å²) in [6.07, 6.45) is 1.17. The topological polar surface area (TPSA) is 34.4 Å². The van der Waals surface area contributed by atoms with Gasteiger partial charge in [0.15, 0.2) is 11.3 Å². The van der Waals surface area contributed by atoms with Crippen LogP contribution in [0.2, 0.25) is 0 Å². The number of methoxy groups -OCH3 is 1. The summed E-state index contributed by atoms with van der Waals surface area (Å²) in [5.74, 6) is 2.28. The molecule has 0 amide bonds. The Balaban J connectivity index is 2.22. The Bertz CT molecular complexity index is 585. The van der Waals surface area contributed by atoms with Crippen molar-refractivity contribution in [2.24, 2.45) is 0 Å². The van der Waals surface area contributed by atoms with Gasteiger partial charge in [-0.1, -0.05) is 0 Å². The molecule has 1 aliphatic heterocycles. The van der Waals surface area contributed by atoms with Crippen LogP contribution in [0.5, 0.6) is 5.75 Å². The second-order valence-electron chi connectivity index (χ2n) is 4.77. The minimum absolute atomic E-state index is 0.549. The van der Waals surface area contributed by atoms with Crippen molar-refractivity contribution in [2.75, 3.05) is 20.2 Å². The summed E-state index contributed by atoms with van der Waals surface area (Å²) in [5, 5.41) is 4.51. The standard InChI is InChI=1S/C14H16BrNO2/c1-8-5-11-13(15)10(9-3-4-16-7-9)6-12(17-2)14(11)18-8/h5-6,9,16H,3-4,7H2,1-2H3. The Kier molecular flexibility index (Phi) is 3.08. The predicted molar refractivity (Wildman–Crippen MR) is 75.4 cm³/mol. The van der Waals surface area contributed by atoms with E-state index in [0.29, 0.717) is 5.92 Å². The predicted octanol–water partition coefficient (Wildman–Crippen LogP) is 3.59. The van der Waals surface area contributed by atoms with Crippen molar-refractivity contribution < 1.29 is 9.15 Å². The lowest BCUT2D eigenvalue weighted by molar-refractivity contribution is 0.408. The fourth-order valence-corrected chi connectivity index (χ4v) is 3.39. The maximum absolute atomic E-state index is 5.72. The highest BCUT2D eigenvalue weighted by atomic mass is 79.9. The lowest BCUT2D eigenvalue weighted by atomic mass is 9.97. The summed E-state index contributed by atoms with van der Waals surface area (Å²) in [6.45, 7) is 4.08. The zero-order valence-corrected chi connectivity index (χ0v) is 12.1. The zero-order valence-electron chi connectivity index (χ0n) is 10.5. The van der Waals surface area contributed by atoms with E-state index in [1.54, 1.807) is 7.11 Å². The molecule has 1 saturated heterocycles. The number of fused-ring (bicyclic) bond motifs is 1. The molecule has 4 heteroatoms. The highest BCUT2D eigenvalue weighted by Gasteiger charge is 2.23. The molecule has 1 atom stereocenters. The van der Waals surface area contributed by atoms with Gasteiger partial charge in [-0.05, 0) is 59.4 Å². The summed E-state index contributed by atoms with van der Waals surface area (Å²) in [6, 6.07) is 4.17. The second-order valence-corrected chi connectivity index (χ2v) is 5.56. The van der Waals surface area contributed by atoms with E-state index in [9.17, 15) is 0 Å². The Hall–Kier alpha value is -1.00. The quantitative estimate of drug-likeness (QED) is 0.920. The van der Waals surface area contributed by atoms with Gasteiger partial charge in [0.25, 0.3) is 0 Å². The normalized spacial score (nSPS) is 19.6. The third-order valence-corrected chi connectivity index (χ3v) is 4.46. The van der Waals surface area contributed by atoms with Gasteiger partial charge in [0, 0.05) is 16.4 Å². The van der Waals surface area contributed by atoms with Crippen molar-refractivity contribution in [3.8, 4) is 5.75 Å². The van der Waals surface area contributed by atoms with E-state index in [2.05, 4.69) is 33.4 Å². The van der Waals surface area contributed by atoms with Crippen LogP contribution in [0.1, 0.15) is 23.7 Å². The van der Waals surface area contributed by atoms with Gasteiger partial charge in [-0.25, -0.2) is 0 Å². The first-order valence-electron chi connectivity index (χ1n) is 6.18. The largest absolute Gasteiger partial charge is 0.493 e. The van der Waals surface area contributed by atoms with Crippen LogP contribution >= 0.6 is 15.9 Å². The number of halogens is 1. The first kappa shape index (κ1) is 12.1. The molecule has 1 aromatic heterocycles. The van der Waals surface area contributed by atoms with E-state index >= 15 is 0 Å². The first-order chi connectivity index (χ1) is 8.70. The van der Waals surface area contributed by atoms with Crippen LogP contribution in [0.25, 0.3) is 11.0 Å². The highest BCUT2D eigenvalue weighted by Crippen LogP contribution is 2.41. The maximum Gasteiger partial charge on any atom is 0.177 e. The fourth-order valence-electron chi connectivity index (χ4n) is 2.65. The lowest BCUT2D eigenvalue weighted by Crippen LogP contribution is -2.08. The van der Waals surface area contributed by atoms with Crippen LogP contribution in [-0.2, 0) is 0 Å². The molecule has 1 unspecified atom stereocenters. The monoisotopic (exact) mass is 309 g/mol. The van der Waals surface area contributed by atoms with Crippen molar-refractivity contribution in [1.82, 2.24) is 5.32 Å². The molecular weight excluding hydrogens is 294 g/mol. The highest BCUT2D eigenvalue weighted by molar-refractivity contribution is 9.10. The number of furan rings is 1. The van der Waals surface area contributed by atoms with Gasteiger partial charge < -0.3 is 14.5 Å². The van der Waals surface area contributed by atoms with Crippen molar-refractivity contribution in [1.29, 1.82) is 0 Å². The third-order valence-electron chi connectivity index (χ3n) is 3.58. The molecule has 96 valence electrons. The van der Waals surface area contributed by atoms with Gasteiger partial charge >= 0.3 is 0 Å². The number of hydrogen-bond acceptors (Lipinski definition) is 3. The molecule has 1 aromatic carbocycles. The zero-order chi connectivity index (χ0) is 12.7. The third kappa shape index (κ3) is 1.84. The molecule has 3 rings (SSSR count). The molecule has 0 saturated carbocycles. The number of rotatable bonds is 2. The molecule has 2 aromatic rings. The molecule has 0 aliphatic carbocycles. The number of hydrogen-bond donors (Lipinski definition) is 1. The Morgan fingerprint density at radius 1 is 1.44 bits per heavy atom. The van der Waals surface area contributed by atoms with E-state index in [1.807, 2.05) is 6.92 Å². The minimum atomic E-state index is 0.549. The van der Waals surface area contributed by atoms with Crippen LogP contribution in [0.15, 0.2) is 21.0 Å². The molecular formula is C14H16BrNO2. The SMILES string of the molecule is COc1cc(C2CCNC2)c(Br)c2cc(C)oc12. The summed E-state index contributed by atoms with van der Waals surface area (Å²) in [4.78, 5) is 0. The molecule has 1 fully saturated rings. The van der Waals surface area contributed by atoms with Crippen molar-refractivity contribution >= 4 is 26.9 Å². The van der Waals surface area contributed by atoms with Gasteiger partial charge in [0.05, 0.1) is 7.11 Å². The lowest BCUT2D eigenvalue weighted by Gasteiger charge is -2.14. The van der Waals surface area contributed by atoms with Gasteiger partial charge in [-0.15, -0.1) is 0 Å². The van der Waals surface area contributed by atoms with Crippen LogP contribution in [0.4, 0.5) is 0 Å². The average molecular weight is 310 g/mol. The molecule has 0 radical (unpaired) electrons. The van der Waals surface area contributed by atoms with Crippen LogP contribution < -0.4 is 10.1 Å². The van der Waals surface area contributed by atoms with Crippen molar-refractivity contribution in [2.45, 2.75) is 19.3 Å². The van der Waals surface area contributed by atoms with Crippen LogP contribution in [-0.4, -0.2) is 20.2 Å². The van der Waals surface area contributed by atoms with E-state index in [-0.39, 0.29) is 0 Å². The van der Waals surface area contributed by atoms with Gasteiger partial charge in [-0.2, -0.15) is 0 Å². The van der Waals surface area contributed by atoms with Crippen molar-refractivity contribution in [3.63, 3.8) is 0 Å². The van der Waals surface area contributed by atoms with Crippen LogP contribution in [0.3, 0.4) is 0 Å². The Morgan fingerprint density at radius 2 is 2.28 bits per heavy atom. The Morgan fingerprint density at radius 3 is 2.94 bits per heavy atom. The number of aryl methyl sites for hydroxylation is 1. The minimum Gasteiger partial charge on any atom is -0.493 e. The van der Waals surface area contributed by atoms with Gasteiger partial charge in [-0.3, -0.25) is 0 Å². The molecule has 1 aliphatic rings. The molecule has 1 N–H and O–H groups in total. The van der Waals surface area contributed by atoms with E-state index in [1.165, 1.54) is 12.0 Å². The summed E-state index contributed by atoms with van der Waals surface area (Å²) in [5.41, 5.74) is 2.14. The van der Waals surface area contributed by atoms with E-state index < -0.39 is 0 Å². The smallest absolute Gasteiger partial charge is 0.177 e. The number of benzene rings is 1. The summed E-state index contributed by atoms with van der Waals surface area (Å²) in [7, 11) is 1.69. The molecule has 3 nitrogen and oxygen atoms in total. The Labute approximate surface area is 115 Å². The van der Waals surface area contributed by atoms with Gasteiger partial charge in [0.1, 0.15) is 5.76 Å². The average Bonchev–Trinajstić information content (AvgIpc) is 2.98. The molecule has 0 spiro atoms. The van der Waals surface area contributed by atoms with Gasteiger partial charge in [0.2, 0.25) is 0 Å². The molecule has 18 heavy (non-hydrogen) atoms. The number of ether oxygens (including phenoxy) is 1. The van der Waals surface area contributed by atoms with Crippen molar-refractivity contribution in [3.05, 3.63) is 27.9 Å². The second kappa shape index (κ2) is 4.59. The molecule has 0 bridgehead atoms. The van der Waals surface area contributed by atoms with E-state index in [0.717, 1.165) is 40.0 Å². The number of nitrogens with one attached hydrogen (secondary N) is 1. The fraction of sp³-hybridized carbons (Fsp3) is 0.429. The van der Waals surface area contributed by atoms with Crippen LogP contribution in [0, 0.1) is 6.92 Å². The van der Waals surface area contributed by atoms with E-state index in [4.69, 9.17) is 9.15 Å². The molecule has 2 heterocycles. The first-order valence-corrected chi connectivity index (χ1v) is 6.97. The summed E-state index contributed by atoms with van der Waals surface area (Å²) >= 11 is 3.73. The summed E-state index contributed by atoms with van der Waals surface area (Å²) < 4.78 is 12.3.